The molecule has 1 N–H and O–H groups in total. The summed E-state index contributed by atoms with van der Waals surface area (Å²) in [6, 6.07) is 14.8. The number of hydrogen-bond donors (Lipinski definition) is 1. The van der Waals surface area contributed by atoms with Crippen LogP contribution in [-0.4, -0.2) is 31.6 Å². The fraction of sp³-hybridized carbons (Fsp3) is 0.250. The van der Waals surface area contributed by atoms with Crippen LogP contribution in [0.1, 0.15) is 12.0 Å². The Balaban J connectivity index is 1.59. The Morgan fingerprint density at radius 3 is 2.63 bits per heavy atom. The molecule has 0 aliphatic heterocycles. The molecule has 0 bridgehead atoms. The summed E-state index contributed by atoms with van der Waals surface area (Å²) in [5.74, 6) is 1.55. The first-order chi connectivity index (χ1) is 13.0. The van der Waals surface area contributed by atoms with Crippen molar-refractivity contribution in [2.45, 2.75) is 24.8 Å². The highest BCUT2D eigenvalue weighted by Crippen LogP contribution is 2.21. The van der Waals surface area contributed by atoms with E-state index in [0.29, 0.717) is 25.3 Å². The van der Waals surface area contributed by atoms with Crippen molar-refractivity contribution in [2.24, 2.45) is 0 Å². The highest BCUT2D eigenvalue weighted by Gasteiger charge is 2.15. The van der Waals surface area contributed by atoms with Crippen LogP contribution in [-0.2, 0) is 16.6 Å². The molecule has 0 aliphatic carbocycles. The van der Waals surface area contributed by atoms with Crippen LogP contribution in [0.15, 0.2) is 65.8 Å². The number of hydrogen-bond acceptors (Lipinski definition) is 4. The van der Waals surface area contributed by atoms with E-state index >= 15 is 0 Å². The number of sulfonamides is 1. The van der Waals surface area contributed by atoms with E-state index in [9.17, 15) is 8.42 Å². The van der Waals surface area contributed by atoms with Crippen molar-refractivity contribution in [2.75, 3.05) is 13.7 Å². The van der Waals surface area contributed by atoms with Crippen LogP contribution < -0.4 is 9.46 Å². The number of rotatable bonds is 8. The number of aromatic nitrogens is 2. The van der Waals surface area contributed by atoms with Crippen molar-refractivity contribution in [1.82, 2.24) is 14.3 Å². The van der Waals surface area contributed by atoms with Crippen LogP contribution in [0.5, 0.6) is 5.75 Å². The van der Waals surface area contributed by atoms with Gasteiger partial charge in [0, 0.05) is 31.0 Å². The van der Waals surface area contributed by atoms with Gasteiger partial charge in [-0.3, -0.25) is 0 Å². The third kappa shape index (κ3) is 4.56. The standard InChI is InChI=1S/C20H23N3O3S/c1-16-15-18(9-10-19(16)26-2)27(24,25)22-11-6-13-23-14-12-21-20(23)17-7-4-3-5-8-17/h3-5,7-10,12,14-15,22H,6,11,13H2,1-2H3. The normalized spacial score (nSPS) is 11.5. The molecule has 7 heteroatoms. The molecular formula is C20H23N3O3S. The number of aryl methyl sites for hydroxylation is 2. The van der Waals surface area contributed by atoms with E-state index in [2.05, 4.69) is 9.71 Å². The average molecular weight is 385 g/mol. The fourth-order valence-corrected chi connectivity index (χ4v) is 4.05. The molecule has 0 saturated carbocycles. The van der Waals surface area contributed by atoms with E-state index in [0.717, 1.165) is 17.0 Å². The van der Waals surface area contributed by atoms with Gasteiger partial charge in [-0.25, -0.2) is 18.1 Å². The van der Waals surface area contributed by atoms with Crippen LogP contribution in [0.4, 0.5) is 0 Å². The summed E-state index contributed by atoms with van der Waals surface area (Å²) in [6.45, 7) is 2.84. The van der Waals surface area contributed by atoms with Gasteiger partial charge in [0.2, 0.25) is 10.0 Å². The van der Waals surface area contributed by atoms with Gasteiger partial charge in [0.15, 0.2) is 0 Å². The number of imidazole rings is 1. The van der Waals surface area contributed by atoms with Crippen molar-refractivity contribution >= 4 is 10.0 Å². The monoisotopic (exact) mass is 385 g/mol. The van der Waals surface area contributed by atoms with Crippen LogP contribution in [0.2, 0.25) is 0 Å². The molecule has 0 aliphatic rings. The van der Waals surface area contributed by atoms with E-state index in [1.807, 2.05) is 48.0 Å². The van der Waals surface area contributed by atoms with E-state index in [1.54, 1.807) is 31.5 Å². The van der Waals surface area contributed by atoms with Gasteiger partial charge in [0.25, 0.3) is 0 Å². The Bertz CT molecular complexity index is 998. The molecule has 1 aromatic heterocycles. The van der Waals surface area contributed by atoms with Crippen molar-refractivity contribution in [3.8, 4) is 17.1 Å². The summed E-state index contributed by atoms with van der Waals surface area (Å²) in [7, 11) is -1.98. The highest BCUT2D eigenvalue weighted by atomic mass is 32.2. The van der Waals surface area contributed by atoms with Crippen molar-refractivity contribution in [3.63, 3.8) is 0 Å². The topological polar surface area (TPSA) is 73.2 Å². The van der Waals surface area contributed by atoms with Crippen LogP contribution >= 0.6 is 0 Å². The minimum atomic E-state index is -3.54. The van der Waals surface area contributed by atoms with Gasteiger partial charge in [-0.1, -0.05) is 30.3 Å². The largest absolute Gasteiger partial charge is 0.496 e. The molecule has 27 heavy (non-hydrogen) atoms. The molecular weight excluding hydrogens is 362 g/mol. The lowest BCUT2D eigenvalue weighted by atomic mass is 10.2. The molecule has 0 radical (unpaired) electrons. The predicted molar refractivity (Wildman–Crippen MR) is 105 cm³/mol. The van der Waals surface area contributed by atoms with Gasteiger partial charge in [0.1, 0.15) is 11.6 Å². The lowest BCUT2D eigenvalue weighted by Gasteiger charge is -2.11. The number of nitrogens with zero attached hydrogens (tertiary/aromatic N) is 2. The lowest BCUT2D eigenvalue weighted by molar-refractivity contribution is 0.411. The second-order valence-corrected chi connectivity index (χ2v) is 7.96. The van der Waals surface area contributed by atoms with Gasteiger partial charge in [-0.05, 0) is 37.1 Å². The van der Waals surface area contributed by atoms with Crippen LogP contribution in [0, 0.1) is 6.92 Å². The van der Waals surface area contributed by atoms with Crippen molar-refractivity contribution < 1.29 is 13.2 Å². The third-order valence-corrected chi connectivity index (χ3v) is 5.75. The molecule has 1 heterocycles. The number of methoxy groups -OCH3 is 1. The van der Waals surface area contributed by atoms with Gasteiger partial charge in [-0.15, -0.1) is 0 Å². The zero-order valence-corrected chi connectivity index (χ0v) is 16.2. The summed E-state index contributed by atoms with van der Waals surface area (Å²) in [6.07, 6.45) is 4.32. The summed E-state index contributed by atoms with van der Waals surface area (Å²) >= 11 is 0. The first-order valence-electron chi connectivity index (χ1n) is 8.72. The predicted octanol–water partition coefficient (Wildman–Crippen LogP) is 3.24. The van der Waals surface area contributed by atoms with Gasteiger partial charge in [0.05, 0.1) is 12.0 Å². The van der Waals surface area contributed by atoms with E-state index < -0.39 is 10.0 Å². The molecule has 142 valence electrons. The maximum Gasteiger partial charge on any atom is 0.240 e. The number of benzene rings is 2. The molecule has 3 aromatic rings. The first-order valence-corrected chi connectivity index (χ1v) is 10.2. The lowest BCUT2D eigenvalue weighted by Crippen LogP contribution is -2.25. The van der Waals surface area contributed by atoms with Gasteiger partial charge in [-0.2, -0.15) is 0 Å². The van der Waals surface area contributed by atoms with Gasteiger partial charge < -0.3 is 9.30 Å². The molecule has 2 aromatic carbocycles. The molecule has 0 unspecified atom stereocenters. The molecule has 0 atom stereocenters. The molecule has 0 fully saturated rings. The molecule has 6 nitrogen and oxygen atoms in total. The fourth-order valence-electron chi connectivity index (χ4n) is 2.89. The minimum Gasteiger partial charge on any atom is -0.496 e. The van der Waals surface area contributed by atoms with Crippen LogP contribution in [0.3, 0.4) is 0 Å². The number of ether oxygens (including phenoxy) is 1. The highest BCUT2D eigenvalue weighted by molar-refractivity contribution is 7.89. The molecule has 0 saturated heterocycles. The van der Waals surface area contributed by atoms with E-state index in [4.69, 9.17) is 4.74 Å². The Morgan fingerprint density at radius 1 is 1.15 bits per heavy atom. The molecule has 3 rings (SSSR count). The second-order valence-electron chi connectivity index (χ2n) is 6.19. The summed E-state index contributed by atoms with van der Waals surface area (Å²) in [5, 5.41) is 0. The Labute approximate surface area is 159 Å². The summed E-state index contributed by atoms with van der Waals surface area (Å²) in [5.41, 5.74) is 1.82. The zero-order valence-electron chi connectivity index (χ0n) is 15.4. The Kier molecular flexibility index (Phi) is 5.93. The van der Waals surface area contributed by atoms with Gasteiger partial charge >= 0.3 is 0 Å². The maximum atomic E-state index is 12.5. The smallest absolute Gasteiger partial charge is 0.240 e. The van der Waals surface area contributed by atoms with Crippen molar-refractivity contribution in [1.29, 1.82) is 0 Å². The summed E-state index contributed by atoms with van der Waals surface area (Å²) < 4.78 is 34.8. The maximum absolute atomic E-state index is 12.5. The molecule has 0 amide bonds. The quantitative estimate of drug-likeness (QED) is 0.604. The Morgan fingerprint density at radius 2 is 1.93 bits per heavy atom. The van der Waals surface area contributed by atoms with Crippen LogP contribution in [0.25, 0.3) is 11.4 Å². The first kappa shape index (κ1) is 19.1. The van der Waals surface area contributed by atoms with E-state index in [1.165, 1.54) is 0 Å². The van der Waals surface area contributed by atoms with Crippen molar-refractivity contribution in [3.05, 3.63) is 66.5 Å². The van der Waals surface area contributed by atoms with E-state index in [-0.39, 0.29) is 4.90 Å². The minimum absolute atomic E-state index is 0.244. The SMILES string of the molecule is COc1ccc(S(=O)(=O)NCCCn2ccnc2-c2ccccc2)cc1C. The summed E-state index contributed by atoms with van der Waals surface area (Å²) in [4.78, 5) is 4.64. The average Bonchev–Trinajstić information content (AvgIpc) is 3.14. The zero-order chi connectivity index (χ0) is 19.3. The number of nitrogens with one attached hydrogen (secondary N) is 1. The Hall–Kier alpha value is -2.64. The third-order valence-electron chi connectivity index (χ3n) is 4.29. The second kappa shape index (κ2) is 8.37. The molecule has 0 spiro atoms.